The lowest BCUT2D eigenvalue weighted by Crippen LogP contribution is -2.26. The van der Waals surface area contributed by atoms with Gasteiger partial charge >= 0.3 is 0 Å². The lowest BCUT2D eigenvalue weighted by molar-refractivity contribution is -0.394. The van der Waals surface area contributed by atoms with E-state index in [1.807, 2.05) is 0 Å². The first kappa shape index (κ1) is 27.7. The van der Waals surface area contributed by atoms with Gasteiger partial charge in [-0.15, -0.1) is 0 Å². The highest BCUT2D eigenvalue weighted by Gasteiger charge is 2.26. The molecule has 0 saturated heterocycles. The van der Waals surface area contributed by atoms with Crippen molar-refractivity contribution in [3.8, 4) is 23.0 Å². The van der Waals surface area contributed by atoms with Crippen LogP contribution in [0.3, 0.4) is 0 Å². The fraction of sp³-hybridized carbons (Fsp3) is 0.160. The molecular weight excluding hydrogens is 546 g/mol. The minimum atomic E-state index is -0.887. The zero-order chi connectivity index (χ0) is 29.0. The van der Waals surface area contributed by atoms with Crippen molar-refractivity contribution in [1.29, 1.82) is 0 Å². The summed E-state index contributed by atoms with van der Waals surface area (Å²) in [7, 11) is 5.85. The fourth-order valence-electron chi connectivity index (χ4n) is 3.65. The van der Waals surface area contributed by atoms with Crippen molar-refractivity contribution >= 4 is 50.2 Å². The first-order valence-electron chi connectivity index (χ1n) is 11.3. The average Bonchev–Trinajstić information content (AvgIpc) is 3.39. The predicted molar refractivity (Wildman–Crippen MR) is 146 cm³/mol. The summed E-state index contributed by atoms with van der Waals surface area (Å²) in [5.41, 5.74) is -0.605. The van der Waals surface area contributed by atoms with Gasteiger partial charge in [0.1, 0.15) is 5.75 Å². The molecule has 15 heteroatoms. The number of non-ortho nitro benzene ring substituents is 2. The number of fused-ring (bicyclic) bond motifs is 1. The van der Waals surface area contributed by atoms with Crippen LogP contribution in [-0.4, -0.2) is 55.4 Å². The maximum Gasteiger partial charge on any atom is 0.281 e. The Morgan fingerprint density at radius 2 is 1.52 bits per heavy atom. The summed E-state index contributed by atoms with van der Waals surface area (Å²) in [5.74, 6) is 0.696. The number of benzene rings is 3. The Hall–Kier alpha value is -5.31. The van der Waals surface area contributed by atoms with E-state index in [2.05, 4.69) is 10.1 Å². The summed E-state index contributed by atoms with van der Waals surface area (Å²) >= 11 is 1.10. The summed E-state index contributed by atoms with van der Waals surface area (Å²) in [6, 6.07) is 10.9. The second kappa shape index (κ2) is 11.6. The molecule has 40 heavy (non-hydrogen) atoms. The van der Waals surface area contributed by atoms with Crippen molar-refractivity contribution in [1.82, 2.24) is 4.98 Å². The third kappa shape index (κ3) is 5.58. The molecule has 14 nitrogen and oxygen atoms in total. The highest BCUT2D eigenvalue weighted by Crippen LogP contribution is 2.38. The molecule has 1 heterocycles. The quantitative estimate of drug-likeness (QED) is 0.147. The van der Waals surface area contributed by atoms with Gasteiger partial charge < -0.3 is 18.9 Å². The van der Waals surface area contributed by atoms with E-state index in [1.54, 1.807) is 30.3 Å². The summed E-state index contributed by atoms with van der Waals surface area (Å²) in [5, 5.41) is 28.2. The predicted octanol–water partition coefficient (Wildman–Crippen LogP) is 4.83. The molecule has 0 N–H and O–H groups in total. The van der Waals surface area contributed by atoms with Crippen LogP contribution >= 0.6 is 11.3 Å². The number of nitro benzene ring substituents is 2. The van der Waals surface area contributed by atoms with Gasteiger partial charge in [-0.2, -0.15) is 10.1 Å². The number of hydrogen-bond acceptors (Lipinski definition) is 12. The molecule has 1 aromatic heterocycles. The van der Waals surface area contributed by atoms with Gasteiger partial charge in [-0.3, -0.25) is 25.0 Å². The molecule has 1 amide bonds. The molecule has 206 valence electrons. The molecular formula is C25H21N5O9S. The Labute approximate surface area is 230 Å². The van der Waals surface area contributed by atoms with Crippen LogP contribution in [0.5, 0.6) is 23.0 Å². The number of hydrogen-bond donors (Lipinski definition) is 0. The van der Waals surface area contributed by atoms with E-state index in [1.165, 1.54) is 34.7 Å². The summed E-state index contributed by atoms with van der Waals surface area (Å²) < 4.78 is 22.0. The highest BCUT2D eigenvalue weighted by atomic mass is 32.1. The van der Waals surface area contributed by atoms with Gasteiger partial charge in [0.05, 0.1) is 66.3 Å². The normalized spacial score (nSPS) is 10.9. The Kier molecular flexibility index (Phi) is 8.04. The largest absolute Gasteiger partial charge is 0.497 e. The molecule has 0 bridgehead atoms. The fourth-order valence-corrected chi connectivity index (χ4v) is 4.60. The monoisotopic (exact) mass is 567 g/mol. The maximum absolute atomic E-state index is 13.7. The third-order valence-corrected chi connectivity index (χ3v) is 6.53. The highest BCUT2D eigenvalue weighted by molar-refractivity contribution is 7.22. The third-order valence-electron chi connectivity index (χ3n) is 5.54. The van der Waals surface area contributed by atoms with Gasteiger partial charge in [-0.25, -0.2) is 4.98 Å². The minimum absolute atomic E-state index is 0.103. The molecule has 4 rings (SSSR count). The molecule has 0 unspecified atom stereocenters. The van der Waals surface area contributed by atoms with E-state index in [0.717, 1.165) is 34.5 Å². The number of anilines is 1. The van der Waals surface area contributed by atoms with Gasteiger partial charge in [0.15, 0.2) is 11.5 Å². The van der Waals surface area contributed by atoms with E-state index >= 15 is 0 Å². The lowest BCUT2D eigenvalue weighted by Gasteiger charge is -2.15. The number of carbonyl (C=O) groups is 1. The van der Waals surface area contributed by atoms with Crippen molar-refractivity contribution in [2.45, 2.75) is 0 Å². The SMILES string of the molecule is COc1ccc2nc(N(/N=C/c3cc(OC)c(OC)c(OC)c3)C(=O)c3cc([N+](=O)[O-])cc([N+](=O)[O-])c3)sc2c1. The number of amides is 1. The smallest absolute Gasteiger partial charge is 0.281 e. The van der Waals surface area contributed by atoms with Gasteiger partial charge in [-0.1, -0.05) is 11.3 Å². The topological polar surface area (TPSA) is 169 Å². The lowest BCUT2D eigenvalue weighted by atomic mass is 10.1. The number of nitrogens with zero attached hydrogens (tertiary/aromatic N) is 5. The zero-order valence-corrected chi connectivity index (χ0v) is 22.3. The summed E-state index contributed by atoms with van der Waals surface area (Å²) in [6.45, 7) is 0. The van der Waals surface area contributed by atoms with Crippen LogP contribution in [0, 0.1) is 20.2 Å². The van der Waals surface area contributed by atoms with E-state index in [-0.39, 0.29) is 10.7 Å². The number of hydrazone groups is 1. The molecule has 0 aliphatic carbocycles. The summed E-state index contributed by atoms with van der Waals surface area (Å²) in [6.07, 6.45) is 1.32. The van der Waals surface area contributed by atoms with Crippen LogP contribution in [0.2, 0.25) is 0 Å². The minimum Gasteiger partial charge on any atom is -0.497 e. The number of ether oxygens (including phenoxy) is 4. The average molecular weight is 568 g/mol. The second-order valence-electron chi connectivity index (χ2n) is 7.90. The molecule has 0 spiro atoms. The number of carbonyl (C=O) groups excluding carboxylic acids is 1. The number of nitro groups is 2. The van der Waals surface area contributed by atoms with Crippen LogP contribution in [0.4, 0.5) is 16.5 Å². The Morgan fingerprint density at radius 1 is 0.900 bits per heavy atom. The number of rotatable bonds is 10. The van der Waals surface area contributed by atoms with Gasteiger partial charge in [-0.05, 0) is 30.3 Å². The summed E-state index contributed by atoms with van der Waals surface area (Å²) in [4.78, 5) is 39.4. The molecule has 3 aromatic carbocycles. The standard InChI is InChI=1S/C25H21N5O9S/c1-36-18-5-6-19-22(12-18)40-25(27-19)28(24(31)15-9-16(29(32)33)11-17(10-15)30(34)35)26-13-14-7-20(37-2)23(39-4)21(8-14)38-3/h5-13H,1-4H3/b26-13+. The van der Waals surface area contributed by atoms with Crippen LogP contribution < -0.4 is 24.0 Å². The first-order chi connectivity index (χ1) is 19.2. The maximum atomic E-state index is 13.7. The Morgan fingerprint density at radius 3 is 2.05 bits per heavy atom. The number of thiazole rings is 1. The van der Waals surface area contributed by atoms with Crippen molar-refractivity contribution in [3.05, 3.63) is 79.9 Å². The van der Waals surface area contributed by atoms with Crippen LogP contribution in [0.1, 0.15) is 15.9 Å². The molecule has 0 aliphatic rings. The Balaban J connectivity index is 1.86. The Bertz CT molecular complexity index is 1600. The van der Waals surface area contributed by atoms with Crippen molar-refractivity contribution in [2.75, 3.05) is 33.4 Å². The first-order valence-corrected chi connectivity index (χ1v) is 12.1. The van der Waals surface area contributed by atoms with E-state index < -0.39 is 27.1 Å². The van der Waals surface area contributed by atoms with Crippen molar-refractivity contribution in [3.63, 3.8) is 0 Å². The second-order valence-corrected chi connectivity index (χ2v) is 8.91. The molecule has 0 fully saturated rings. The van der Waals surface area contributed by atoms with Crippen molar-refractivity contribution in [2.24, 2.45) is 5.10 Å². The van der Waals surface area contributed by atoms with Gasteiger partial charge in [0, 0.05) is 17.7 Å². The van der Waals surface area contributed by atoms with Crippen LogP contribution in [0.15, 0.2) is 53.6 Å². The van der Waals surface area contributed by atoms with E-state index in [4.69, 9.17) is 18.9 Å². The molecule has 0 atom stereocenters. The van der Waals surface area contributed by atoms with Gasteiger partial charge in [0.25, 0.3) is 17.3 Å². The van der Waals surface area contributed by atoms with Crippen LogP contribution in [0.25, 0.3) is 10.2 Å². The molecule has 4 aromatic rings. The molecule has 0 radical (unpaired) electrons. The van der Waals surface area contributed by atoms with E-state index in [9.17, 15) is 25.0 Å². The van der Waals surface area contributed by atoms with Gasteiger partial charge in [0.2, 0.25) is 10.9 Å². The molecule has 0 aliphatic heterocycles. The molecule has 0 saturated carbocycles. The number of aromatic nitrogens is 1. The van der Waals surface area contributed by atoms with Crippen LogP contribution in [-0.2, 0) is 0 Å². The number of methoxy groups -OCH3 is 4. The van der Waals surface area contributed by atoms with Crippen molar-refractivity contribution < 1.29 is 33.6 Å². The zero-order valence-electron chi connectivity index (χ0n) is 21.5. The van der Waals surface area contributed by atoms with E-state index in [0.29, 0.717) is 38.8 Å².